The van der Waals surface area contributed by atoms with Crippen molar-refractivity contribution in [2.24, 2.45) is 5.92 Å². The summed E-state index contributed by atoms with van der Waals surface area (Å²) in [6.45, 7) is 2.71. The van der Waals surface area contributed by atoms with Crippen LogP contribution in [0.15, 0.2) is 47.1 Å². The van der Waals surface area contributed by atoms with E-state index in [4.69, 9.17) is 9.15 Å². The third-order valence-electron chi connectivity index (χ3n) is 4.87. The number of anilines is 1. The first-order valence-electron chi connectivity index (χ1n) is 9.61. The van der Waals surface area contributed by atoms with Gasteiger partial charge in [0.2, 0.25) is 11.8 Å². The number of furan rings is 1. The number of para-hydroxylation sites is 2. The van der Waals surface area contributed by atoms with E-state index in [0.29, 0.717) is 24.5 Å². The van der Waals surface area contributed by atoms with Crippen molar-refractivity contribution >= 4 is 17.5 Å². The van der Waals surface area contributed by atoms with Crippen molar-refractivity contribution in [1.82, 2.24) is 10.2 Å². The quantitative estimate of drug-likeness (QED) is 0.730. The van der Waals surface area contributed by atoms with E-state index < -0.39 is 0 Å². The van der Waals surface area contributed by atoms with Crippen LogP contribution in [0.25, 0.3) is 0 Å². The van der Waals surface area contributed by atoms with Gasteiger partial charge in [-0.15, -0.1) is 0 Å². The van der Waals surface area contributed by atoms with Gasteiger partial charge in [-0.1, -0.05) is 12.1 Å². The summed E-state index contributed by atoms with van der Waals surface area (Å²) in [6.07, 6.45) is 3.73. The number of benzene rings is 1. The van der Waals surface area contributed by atoms with Gasteiger partial charge in [0.25, 0.3) is 0 Å². The third kappa shape index (κ3) is 5.60. The van der Waals surface area contributed by atoms with Crippen molar-refractivity contribution in [3.63, 3.8) is 0 Å². The molecule has 1 fully saturated rings. The first-order chi connectivity index (χ1) is 13.7. The van der Waals surface area contributed by atoms with Crippen LogP contribution in [0.3, 0.4) is 0 Å². The van der Waals surface area contributed by atoms with Gasteiger partial charge in [0.05, 0.1) is 31.5 Å². The molecular weight excluding hydrogens is 358 g/mol. The SMILES string of the molecule is COc1ccccc1NC(=O)CCNC(=O)C1CCCN(Cc2ccco2)C1. The lowest BCUT2D eigenvalue weighted by Crippen LogP contribution is -2.43. The van der Waals surface area contributed by atoms with Crippen molar-refractivity contribution in [2.45, 2.75) is 25.8 Å². The van der Waals surface area contributed by atoms with Crippen molar-refractivity contribution < 1.29 is 18.7 Å². The predicted octanol–water partition coefficient (Wildman–Crippen LogP) is 2.65. The second-order valence-corrected chi connectivity index (χ2v) is 6.94. The lowest BCUT2D eigenvalue weighted by molar-refractivity contribution is -0.126. The average molecular weight is 385 g/mol. The fraction of sp³-hybridized carbons (Fsp3) is 0.429. The normalized spacial score (nSPS) is 17.1. The van der Waals surface area contributed by atoms with Gasteiger partial charge in [-0.3, -0.25) is 14.5 Å². The summed E-state index contributed by atoms with van der Waals surface area (Å²) < 4.78 is 10.6. The highest BCUT2D eigenvalue weighted by molar-refractivity contribution is 5.92. The summed E-state index contributed by atoms with van der Waals surface area (Å²) >= 11 is 0. The van der Waals surface area contributed by atoms with E-state index in [-0.39, 0.29) is 24.2 Å². The van der Waals surface area contributed by atoms with E-state index in [0.717, 1.165) is 31.7 Å². The molecule has 1 aromatic carbocycles. The lowest BCUT2D eigenvalue weighted by atomic mass is 9.97. The van der Waals surface area contributed by atoms with Gasteiger partial charge in [-0.05, 0) is 43.7 Å². The fourth-order valence-corrected chi connectivity index (χ4v) is 3.44. The zero-order valence-electron chi connectivity index (χ0n) is 16.1. The van der Waals surface area contributed by atoms with Crippen LogP contribution in [0.5, 0.6) is 5.75 Å². The Morgan fingerprint density at radius 2 is 2.11 bits per heavy atom. The summed E-state index contributed by atoms with van der Waals surface area (Å²) in [7, 11) is 1.56. The van der Waals surface area contributed by atoms with Gasteiger partial charge >= 0.3 is 0 Å². The number of carbonyl (C=O) groups excluding carboxylic acids is 2. The molecule has 150 valence electrons. The van der Waals surface area contributed by atoms with E-state index in [1.54, 1.807) is 25.5 Å². The van der Waals surface area contributed by atoms with E-state index in [2.05, 4.69) is 15.5 Å². The first-order valence-corrected chi connectivity index (χ1v) is 9.61. The Morgan fingerprint density at radius 1 is 1.25 bits per heavy atom. The van der Waals surface area contributed by atoms with Gasteiger partial charge in [-0.2, -0.15) is 0 Å². The molecule has 1 unspecified atom stereocenters. The number of piperidine rings is 1. The largest absolute Gasteiger partial charge is 0.495 e. The minimum absolute atomic E-state index is 0.00855. The molecule has 1 aliphatic rings. The number of carbonyl (C=O) groups is 2. The van der Waals surface area contributed by atoms with Crippen LogP contribution in [0, 0.1) is 5.92 Å². The van der Waals surface area contributed by atoms with E-state index >= 15 is 0 Å². The summed E-state index contributed by atoms with van der Waals surface area (Å²) in [4.78, 5) is 26.8. The molecule has 2 heterocycles. The Kier molecular flexibility index (Phi) is 7.08. The monoisotopic (exact) mass is 385 g/mol. The Labute approximate surface area is 165 Å². The van der Waals surface area contributed by atoms with E-state index in [9.17, 15) is 9.59 Å². The van der Waals surface area contributed by atoms with Crippen molar-refractivity contribution in [3.05, 3.63) is 48.4 Å². The van der Waals surface area contributed by atoms with Crippen molar-refractivity contribution in [3.8, 4) is 5.75 Å². The molecule has 1 atom stereocenters. The Hall–Kier alpha value is -2.80. The molecule has 1 saturated heterocycles. The molecule has 7 nitrogen and oxygen atoms in total. The highest BCUT2D eigenvalue weighted by Gasteiger charge is 2.26. The van der Waals surface area contributed by atoms with Crippen LogP contribution in [-0.4, -0.2) is 43.5 Å². The molecule has 1 aliphatic heterocycles. The second-order valence-electron chi connectivity index (χ2n) is 6.94. The number of methoxy groups -OCH3 is 1. The number of hydrogen-bond donors (Lipinski definition) is 2. The molecule has 2 amide bonds. The Morgan fingerprint density at radius 3 is 2.89 bits per heavy atom. The Bertz CT molecular complexity index is 776. The van der Waals surface area contributed by atoms with Gasteiger partial charge < -0.3 is 19.8 Å². The maximum Gasteiger partial charge on any atom is 0.226 e. The molecule has 1 aromatic heterocycles. The summed E-state index contributed by atoms with van der Waals surface area (Å²) in [6, 6.07) is 11.1. The summed E-state index contributed by atoms with van der Waals surface area (Å²) in [5, 5.41) is 5.71. The molecule has 0 spiro atoms. The summed E-state index contributed by atoms with van der Waals surface area (Å²) in [5.41, 5.74) is 0.627. The van der Waals surface area contributed by atoms with Crippen LogP contribution < -0.4 is 15.4 Å². The number of hydrogen-bond acceptors (Lipinski definition) is 5. The molecule has 0 radical (unpaired) electrons. The third-order valence-corrected chi connectivity index (χ3v) is 4.87. The molecule has 0 aliphatic carbocycles. The molecular formula is C21H27N3O4. The number of amides is 2. The topological polar surface area (TPSA) is 83.8 Å². The Balaban J connectivity index is 1.40. The van der Waals surface area contributed by atoms with Gasteiger partial charge in [0.1, 0.15) is 11.5 Å². The molecule has 2 aromatic rings. The standard InChI is InChI=1S/C21H27N3O4/c1-27-19-9-3-2-8-18(19)23-20(25)10-11-22-21(26)16-6-4-12-24(14-16)15-17-7-5-13-28-17/h2-3,5,7-9,13,16H,4,6,10-12,14-15H2,1H3,(H,22,26)(H,23,25). The zero-order valence-corrected chi connectivity index (χ0v) is 16.1. The molecule has 28 heavy (non-hydrogen) atoms. The highest BCUT2D eigenvalue weighted by atomic mass is 16.5. The molecule has 7 heteroatoms. The molecule has 0 saturated carbocycles. The van der Waals surface area contributed by atoms with E-state index in [1.807, 2.05) is 24.3 Å². The molecule has 3 rings (SSSR count). The zero-order chi connectivity index (χ0) is 19.8. The van der Waals surface area contributed by atoms with Gasteiger partial charge in [0, 0.05) is 19.5 Å². The smallest absolute Gasteiger partial charge is 0.226 e. The van der Waals surface area contributed by atoms with Crippen molar-refractivity contribution in [2.75, 3.05) is 32.1 Å². The van der Waals surface area contributed by atoms with Gasteiger partial charge in [0.15, 0.2) is 0 Å². The number of nitrogens with zero attached hydrogens (tertiary/aromatic N) is 1. The van der Waals surface area contributed by atoms with Gasteiger partial charge in [-0.25, -0.2) is 0 Å². The van der Waals surface area contributed by atoms with Crippen molar-refractivity contribution in [1.29, 1.82) is 0 Å². The second kappa shape index (κ2) is 9.94. The summed E-state index contributed by atoms with van der Waals surface area (Å²) in [5.74, 6) is 1.32. The highest BCUT2D eigenvalue weighted by Crippen LogP contribution is 2.23. The lowest BCUT2D eigenvalue weighted by Gasteiger charge is -2.31. The minimum atomic E-state index is -0.159. The molecule has 2 N–H and O–H groups in total. The van der Waals surface area contributed by atoms with E-state index in [1.165, 1.54) is 0 Å². The van der Waals surface area contributed by atoms with Crippen LogP contribution in [0.2, 0.25) is 0 Å². The maximum atomic E-state index is 12.5. The molecule has 0 bridgehead atoms. The predicted molar refractivity (Wildman–Crippen MR) is 106 cm³/mol. The first kappa shape index (κ1) is 19.9. The van der Waals surface area contributed by atoms with Crippen LogP contribution in [0.4, 0.5) is 5.69 Å². The maximum absolute atomic E-state index is 12.5. The number of likely N-dealkylation sites (tertiary alicyclic amines) is 1. The van der Waals surface area contributed by atoms with Crippen LogP contribution in [-0.2, 0) is 16.1 Å². The number of nitrogens with one attached hydrogen (secondary N) is 2. The van der Waals surface area contributed by atoms with Crippen LogP contribution in [0.1, 0.15) is 25.0 Å². The average Bonchev–Trinajstić information content (AvgIpc) is 3.21. The minimum Gasteiger partial charge on any atom is -0.495 e. The number of ether oxygens (including phenoxy) is 1. The fourth-order valence-electron chi connectivity index (χ4n) is 3.44. The van der Waals surface area contributed by atoms with Crippen LogP contribution >= 0.6 is 0 Å². The number of rotatable bonds is 8.